The van der Waals surface area contributed by atoms with Crippen molar-refractivity contribution in [2.75, 3.05) is 37.5 Å². The molecule has 0 saturated carbocycles. The Morgan fingerprint density at radius 3 is 2.78 bits per heavy atom. The van der Waals surface area contributed by atoms with E-state index in [0.29, 0.717) is 25.5 Å². The summed E-state index contributed by atoms with van der Waals surface area (Å²) in [6.45, 7) is 3.22. The molecular weight excluding hydrogens is 239 g/mol. The lowest BCUT2D eigenvalue weighted by molar-refractivity contribution is -0.121. The molecule has 0 saturated heterocycles. The SMILES string of the molecule is CCOCCOCC(=O)Nc1ccc(F)c(N)c1. The van der Waals surface area contributed by atoms with E-state index >= 15 is 0 Å². The lowest BCUT2D eigenvalue weighted by Crippen LogP contribution is -2.19. The fourth-order valence-electron chi connectivity index (χ4n) is 1.25. The second-order valence-electron chi connectivity index (χ2n) is 3.53. The summed E-state index contributed by atoms with van der Waals surface area (Å²) in [6.07, 6.45) is 0. The fraction of sp³-hybridized carbons (Fsp3) is 0.417. The molecule has 100 valence electrons. The zero-order chi connectivity index (χ0) is 13.4. The molecule has 5 nitrogen and oxygen atoms in total. The minimum absolute atomic E-state index is 0.00920. The Hall–Kier alpha value is -1.66. The summed E-state index contributed by atoms with van der Waals surface area (Å²) < 4.78 is 23.0. The average molecular weight is 256 g/mol. The van der Waals surface area contributed by atoms with Gasteiger partial charge in [-0.15, -0.1) is 0 Å². The van der Waals surface area contributed by atoms with E-state index in [1.54, 1.807) is 0 Å². The van der Waals surface area contributed by atoms with Gasteiger partial charge in [-0.3, -0.25) is 4.79 Å². The van der Waals surface area contributed by atoms with Crippen LogP contribution in [-0.2, 0) is 14.3 Å². The molecule has 1 aromatic rings. The van der Waals surface area contributed by atoms with Crippen LogP contribution in [0, 0.1) is 5.82 Å². The highest BCUT2D eigenvalue weighted by Gasteiger charge is 2.04. The van der Waals surface area contributed by atoms with E-state index < -0.39 is 5.82 Å². The number of halogens is 1. The van der Waals surface area contributed by atoms with Crippen LogP contribution < -0.4 is 11.1 Å². The van der Waals surface area contributed by atoms with Crippen molar-refractivity contribution in [2.24, 2.45) is 0 Å². The number of carbonyl (C=O) groups is 1. The predicted molar refractivity (Wildman–Crippen MR) is 66.8 cm³/mol. The van der Waals surface area contributed by atoms with Gasteiger partial charge in [0.15, 0.2) is 0 Å². The summed E-state index contributed by atoms with van der Waals surface area (Å²) in [5, 5.41) is 2.55. The van der Waals surface area contributed by atoms with Gasteiger partial charge < -0.3 is 20.5 Å². The van der Waals surface area contributed by atoms with Crippen LogP contribution in [0.3, 0.4) is 0 Å². The average Bonchev–Trinajstić information content (AvgIpc) is 2.34. The highest BCUT2D eigenvalue weighted by molar-refractivity contribution is 5.92. The maximum Gasteiger partial charge on any atom is 0.250 e. The van der Waals surface area contributed by atoms with Gasteiger partial charge in [0, 0.05) is 12.3 Å². The molecule has 0 radical (unpaired) electrons. The summed E-state index contributed by atoms with van der Waals surface area (Å²) in [4.78, 5) is 11.4. The van der Waals surface area contributed by atoms with Crippen LogP contribution in [0.2, 0.25) is 0 Å². The number of nitrogens with two attached hydrogens (primary N) is 1. The van der Waals surface area contributed by atoms with Gasteiger partial charge >= 0.3 is 0 Å². The van der Waals surface area contributed by atoms with E-state index in [0.717, 1.165) is 0 Å². The zero-order valence-electron chi connectivity index (χ0n) is 10.2. The lowest BCUT2D eigenvalue weighted by Gasteiger charge is -2.07. The molecule has 0 aliphatic rings. The Morgan fingerprint density at radius 2 is 2.11 bits per heavy atom. The molecule has 0 fully saturated rings. The second-order valence-corrected chi connectivity index (χ2v) is 3.53. The molecule has 0 aliphatic heterocycles. The number of anilines is 2. The predicted octanol–water partition coefficient (Wildman–Crippen LogP) is 1.40. The summed E-state index contributed by atoms with van der Waals surface area (Å²) in [5.41, 5.74) is 5.81. The van der Waals surface area contributed by atoms with E-state index in [9.17, 15) is 9.18 Å². The van der Waals surface area contributed by atoms with Crippen molar-refractivity contribution in [3.63, 3.8) is 0 Å². The molecule has 0 heterocycles. The normalized spacial score (nSPS) is 10.3. The smallest absolute Gasteiger partial charge is 0.250 e. The van der Waals surface area contributed by atoms with Crippen LogP contribution in [0.1, 0.15) is 6.92 Å². The van der Waals surface area contributed by atoms with Gasteiger partial charge in [-0.1, -0.05) is 0 Å². The van der Waals surface area contributed by atoms with E-state index in [4.69, 9.17) is 15.2 Å². The van der Waals surface area contributed by atoms with Crippen LogP contribution in [0.25, 0.3) is 0 Å². The molecular formula is C12H17FN2O3. The van der Waals surface area contributed by atoms with Gasteiger partial charge in [-0.05, 0) is 25.1 Å². The topological polar surface area (TPSA) is 73.6 Å². The third kappa shape index (κ3) is 5.11. The number of nitrogen functional groups attached to an aromatic ring is 1. The molecule has 1 amide bonds. The van der Waals surface area contributed by atoms with Crippen molar-refractivity contribution in [2.45, 2.75) is 6.92 Å². The zero-order valence-corrected chi connectivity index (χ0v) is 10.2. The lowest BCUT2D eigenvalue weighted by atomic mass is 10.2. The van der Waals surface area contributed by atoms with Gasteiger partial charge in [-0.25, -0.2) is 4.39 Å². The van der Waals surface area contributed by atoms with Gasteiger partial charge in [0.25, 0.3) is 0 Å². The van der Waals surface area contributed by atoms with E-state index in [1.165, 1.54) is 18.2 Å². The first kappa shape index (κ1) is 14.4. The molecule has 0 bridgehead atoms. The van der Waals surface area contributed by atoms with Crippen LogP contribution in [0.5, 0.6) is 0 Å². The number of benzene rings is 1. The number of hydrogen-bond donors (Lipinski definition) is 2. The van der Waals surface area contributed by atoms with Crippen molar-refractivity contribution >= 4 is 17.3 Å². The van der Waals surface area contributed by atoms with Crippen LogP contribution in [0.4, 0.5) is 15.8 Å². The van der Waals surface area contributed by atoms with Crippen LogP contribution >= 0.6 is 0 Å². The Bertz CT molecular complexity index is 399. The van der Waals surface area contributed by atoms with Crippen molar-refractivity contribution in [1.82, 2.24) is 0 Å². The number of rotatable bonds is 7. The van der Waals surface area contributed by atoms with Crippen molar-refractivity contribution in [3.05, 3.63) is 24.0 Å². The molecule has 0 aromatic heterocycles. The number of hydrogen-bond acceptors (Lipinski definition) is 4. The third-order valence-corrected chi connectivity index (χ3v) is 2.09. The maximum atomic E-state index is 12.9. The summed E-state index contributed by atoms with van der Waals surface area (Å²) >= 11 is 0. The molecule has 3 N–H and O–H groups in total. The first-order valence-corrected chi connectivity index (χ1v) is 5.64. The van der Waals surface area contributed by atoms with Crippen LogP contribution in [-0.4, -0.2) is 32.3 Å². The molecule has 1 aromatic carbocycles. The van der Waals surface area contributed by atoms with Crippen molar-refractivity contribution in [3.8, 4) is 0 Å². The highest BCUT2D eigenvalue weighted by atomic mass is 19.1. The largest absolute Gasteiger partial charge is 0.396 e. The van der Waals surface area contributed by atoms with Crippen molar-refractivity contribution < 1.29 is 18.7 Å². The molecule has 0 aliphatic carbocycles. The van der Waals surface area contributed by atoms with Gasteiger partial charge in [0.2, 0.25) is 5.91 Å². The quantitative estimate of drug-likeness (QED) is 0.571. The maximum absolute atomic E-state index is 12.9. The minimum Gasteiger partial charge on any atom is -0.396 e. The summed E-state index contributed by atoms with van der Waals surface area (Å²) in [5.74, 6) is -0.835. The van der Waals surface area contributed by atoms with Crippen LogP contribution in [0.15, 0.2) is 18.2 Å². The molecule has 0 spiro atoms. The van der Waals surface area contributed by atoms with Crippen molar-refractivity contribution in [1.29, 1.82) is 0 Å². The number of carbonyl (C=O) groups excluding carboxylic acids is 1. The molecule has 0 unspecified atom stereocenters. The molecule has 6 heteroatoms. The highest BCUT2D eigenvalue weighted by Crippen LogP contribution is 2.15. The van der Waals surface area contributed by atoms with Gasteiger partial charge in [-0.2, -0.15) is 0 Å². The van der Waals surface area contributed by atoms with E-state index in [2.05, 4.69) is 5.32 Å². The Labute approximate surface area is 105 Å². The summed E-state index contributed by atoms with van der Waals surface area (Å²) in [6, 6.07) is 3.98. The van der Waals surface area contributed by atoms with Gasteiger partial charge in [0.1, 0.15) is 12.4 Å². The number of ether oxygens (including phenoxy) is 2. The first-order chi connectivity index (χ1) is 8.63. The molecule has 1 rings (SSSR count). The first-order valence-electron chi connectivity index (χ1n) is 5.64. The Morgan fingerprint density at radius 1 is 1.39 bits per heavy atom. The standard InChI is InChI=1S/C12H17FN2O3/c1-2-17-5-6-18-8-12(16)15-9-3-4-10(13)11(14)7-9/h3-4,7H,2,5-6,8,14H2,1H3,(H,15,16). The third-order valence-electron chi connectivity index (χ3n) is 2.09. The monoisotopic (exact) mass is 256 g/mol. The Kier molecular flexibility index (Phi) is 6.10. The number of nitrogens with one attached hydrogen (secondary N) is 1. The second kappa shape index (κ2) is 7.62. The summed E-state index contributed by atoms with van der Waals surface area (Å²) in [7, 11) is 0. The van der Waals surface area contributed by atoms with E-state index in [1.807, 2.05) is 6.92 Å². The minimum atomic E-state index is -0.513. The molecule has 0 atom stereocenters. The van der Waals surface area contributed by atoms with Gasteiger partial charge in [0.05, 0.1) is 18.9 Å². The molecule has 18 heavy (non-hydrogen) atoms. The fourth-order valence-corrected chi connectivity index (χ4v) is 1.25. The Balaban J connectivity index is 2.29. The van der Waals surface area contributed by atoms with E-state index in [-0.39, 0.29) is 18.2 Å². The number of amides is 1.